The highest BCUT2D eigenvalue weighted by atomic mass is 19.4. The Bertz CT molecular complexity index is 1340. The molecule has 2 amide bonds. The Balaban J connectivity index is 1.51. The number of ether oxygens (including phenoxy) is 2. The van der Waals surface area contributed by atoms with Crippen molar-refractivity contribution in [3.8, 4) is 11.1 Å². The number of rotatable bonds is 11. The van der Waals surface area contributed by atoms with Gasteiger partial charge in [-0.15, -0.1) is 0 Å². The molecule has 0 heterocycles. The summed E-state index contributed by atoms with van der Waals surface area (Å²) >= 11 is 0. The number of amides is 2. The quantitative estimate of drug-likeness (QED) is 0.337. The van der Waals surface area contributed by atoms with Crippen LogP contribution in [0.5, 0.6) is 0 Å². The molecule has 0 radical (unpaired) electrons. The summed E-state index contributed by atoms with van der Waals surface area (Å²) in [7, 11) is 0. The van der Waals surface area contributed by atoms with Gasteiger partial charge in [0, 0.05) is 5.92 Å². The molecular formula is C30H29F3N2O6. The minimum Gasteiger partial charge on any atom is -0.480 e. The van der Waals surface area contributed by atoms with Crippen LogP contribution in [0.2, 0.25) is 0 Å². The van der Waals surface area contributed by atoms with E-state index in [2.05, 4.69) is 5.32 Å². The molecule has 1 aliphatic rings. The number of fused-ring (bicyclic) bond motifs is 3. The van der Waals surface area contributed by atoms with Gasteiger partial charge in [-0.2, -0.15) is 13.2 Å². The van der Waals surface area contributed by atoms with E-state index in [-0.39, 0.29) is 24.0 Å². The summed E-state index contributed by atoms with van der Waals surface area (Å²) in [6.45, 7) is -1.72. The number of hydrogen-bond acceptors (Lipinski definition) is 5. The Morgan fingerprint density at radius 3 is 2.05 bits per heavy atom. The van der Waals surface area contributed by atoms with Crippen molar-refractivity contribution in [2.24, 2.45) is 0 Å². The number of nitrogens with one attached hydrogen (secondary N) is 1. The van der Waals surface area contributed by atoms with Crippen molar-refractivity contribution in [2.75, 3.05) is 19.7 Å². The summed E-state index contributed by atoms with van der Waals surface area (Å²) in [6.07, 6.45) is -7.05. The minimum atomic E-state index is -4.87. The maximum absolute atomic E-state index is 13.2. The number of carbonyl (C=O) groups excluding carboxylic acids is 2. The van der Waals surface area contributed by atoms with Crippen molar-refractivity contribution in [3.05, 3.63) is 95.6 Å². The summed E-state index contributed by atoms with van der Waals surface area (Å²) in [4.78, 5) is 37.6. The van der Waals surface area contributed by atoms with Crippen LogP contribution in [0.15, 0.2) is 78.9 Å². The summed E-state index contributed by atoms with van der Waals surface area (Å²) in [5, 5.41) is 11.5. The van der Waals surface area contributed by atoms with E-state index >= 15 is 0 Å². The molecule has 3 aromatic carbocycles. The molecule has 3 aromatic rings. The number of nitrogens with zero attached hydrogens (tertiary/aromatic N) is 1. The lowest BCUT2D eigenvalue weighted by atomic mass is 9.98. The highest BCUT2D eigenvalue weighted by Crippen LogP contribution is 2.44. The first-order chi connectivity index (χ1) is 19.5. The van der Waals surface area contributed by atoms with Crippen LogP contribution in [0.1, 0.15) is 29.5 Å². The van der Waals surface area contributed by atoms with Crippen molar-refractivity contribution in [3.63, 3.8) is 0 Å². The molecule has 0 aromatic heterocycles. The van der Waals surface area contributed by atoms with Crippen molar-refractivity contribution in [2.45, 2.75) is 37.8 Å². The van der Waals surface area contributed by atoms with Crippen LogP contribution in [0, 0.1) is 0 Å². The zero-order valence-corrected chi connectivity index (χ0v) is 22.1. The fourth-order valence-electron chi connectivity index (χ4n) is 4.83. The van der Waals surface area contributed by atoms with Crippen molar-refractivity contribution in [1.29, 1.82) is 0 Å². The van der Waals surface area contributed by atoms with E-state index in [0.717, 1.165) is 27.8 Å². The maximum atomic E-state index is 13.2. The van der Waals surface area contributed by atoms with Crippen molar-refractivity contribution >= 4 is 18.0 Å². The molecule has 0 saturated carbocycles. The molecular weight excluding hydrogens is 541 g/mol. The van der Waals surface area contributed by atoms with Crippen LogP contribution < -0.4 is 5.32 Å². The summed E-state index contributed by atoms with van der Waals surface area (Å²) in [6, 6.07) is 22.5. The Morgan fingerprint density at radius 1 is 0.927 bits per heavy atom. The van der Waals surface area contributed by atoms with Gasteiger partial charge < -0.3 is 24.8 Å². The zero-order chi connectivity index (χ0) is 29.6. The molecule has 0 bridgehead atoms. The van der Waals surface area contributed by atoms with Crippen LogP contribution in [0.3, 0.4) is 0 Å². The SMILES string of the molecule is C[C@H](OCc1ccccc1)[C@@H](NC(=O)OCC1c2ccccc2-c2ccccc21)C(=O)N(CC(=O)O)CC(F)(F)F. The van der Waals surface area contributed by atoms with Gasteiger partial charge in [-0.25, -0.2) is 4.79 Å². The molecule has 0 aliphatic heterocycles. The van der Waals surface area contributed by atoms with E-state index in [9.17, 15) is 27.6 Å². The van der Waals surface area contributed by atoms with E-state index in [1.54, 1.807) is 30.3 Å². The molecule has 1 aliphatic carbocycles. The van der Waals surface area contributed by atoms with Crippen LogP contribution >= 0.6 is 0 Å². The number of alkyl carbamates (subject to hydrolysis) is 1. The molecule has 0 saturated heterocycles. The predicted octanol–water partition coefficient (Wildman–Crippen LogP) is 4.97. The van der Waals surface area contributed by atoms with Crippen LogP contribution in [-0.2, 0) is 25.7 Å². The third-order valence-corrected chi connectivity index (χ3v) is 6.72. The summed E-state index contributed by atoms with van der Waals surface area (Å²) < 4.78 is 50.9. The van der Waals surface area contributed by atoms with E-state index in [1.807, 2.05) is 48.5 Å². The van der Waals surface area contributed by atoms with E-state index in [0.29, 0.717) is 0 Å². The average molecular weight is 571 g/mol. The van der Waals surface area contributed by atoms with Crippen LogP contribution in [-0.4, -0.2) is 66.0 Å². The first-order valence-corrected chi connectivity index (χ1v) is 12.9. The Morgan fingerprint density at radius 2 is 1.49 bits per heavy atom. The van der Waals surface area contributed by atoms with E-state index in [4.69, 9.17) is 14.6 Å². The third kappa shape index (κ3) is 7.63. The highest BCUT2D eigenvalue weighted by molar-refractivity contribution is 5.88. The second kappa shape index (κ2) is 12.9. The number of carboxylic acid groups (broad SMARTS) is 1. The van der Waals surface area contributed by atoms with E-state index in [1.165, 1.54) is 6.92 Å². The van der Waals surface area contributed by atoms with Gasteiger partial charge in [-0.05, 0) is 34.7 Å². The summed E-state index contributed by atoms with van der Waals surface area (Å²) in [5.41, 5.74) is 4.64. The molecule has 0 unspecified atom stereocenters. The fraction of sp³-hybridized carbons (Fsp3) is 0.300. The van der Waals surface area contributed by atoms with Crippen molar-refractivity contribution in [1.82, 2.24) is 10.2 Å². The number of hydrogen-bond donors (Lipinski definition) is 2. The van der Waals surface area contributed by atoms with Gasteiger partial charge in [0.15, 0.2) is 0 Å². The molecule has 4 rings (SSSR count). The highest BCUT2D eigenvalue weighted by Gasteiger charge is 2.39. The number of halogens is 3. The number of alkyl halides is 3. The van der Waals surface area contributed by atoms with Crippen LogP contribution in [0.4, 0.5) is 18.0 Å². The average Bonchev–Trinajstić information content (AvgIpc) is 3.26. The van der Waals surface area contributed by atoms with E-state index < -0.39 is 49.4 Å². The van der Waals surface area contributed by atoms with Gasteiger partial charge in [0.05, 0.1) is 12.7 Å². The maximum Gasteiger partial charge on any atom is 0.407 e. The lowest BCUT2D eigenvalue weighted by Gasteiger charge is -2.30. The number of aliphatic carboxylic acids is 1. The number of benzene rings is 3. The zero-order valence-electron chi connectivity index (χ0n) is 22.1. The minimum absolute atomic E-state index is 0.00361. The molecule has 2 N–H and O–H groups in total. The van der Waals surface area contributed by atoms with Crippen LogP contribution in [0.25, 0.3) is 11.1 Å². The molecule has 0 fully saturated rings. The van der Waals surface area contributed by atoms with Gasteiger partial charge in [-0.1, -0.05) is 78.9 Å². The summed E-state index contributed by atoms with van der Waals surface area (Å²) in [5.74, 6) is -3.19. The van der Waals surface area contributed by atoms with Gasteiger partial charge in [0.2, 0.25) is 5.91 Å². The molecule has 11 heteroatoms. The lowest BCUT2D eigenvalue weighted by molar-refractivity contribution is -0.168. The Kier molecular flexibility index (Phi) is 9.28. The molecule has 216 valence electrons. The lowest BCUT2D eigenvalue weighted by Crippen LogP contribution is -2.56. The Labute approximate surface area is 234 Å². The number of carboxylic acids is 1. The second-order valence-corrected chi connectivity index (χ2v) is 9.65. The second-order valence-electron chi connectivity index (χ2n) is 9.65. The van der Waals surface area contributed by atoms with Crippen molar-refractivity contribution < 1.29 is 42.1 Å². The molecule has 2 atom stereocenters. The van der Waals surface area contributed by atoms with Gasteiger partial charge in [0.25, 0.3) is 0 Å². The van der Waals surface area contributed by atoms with Gasteiger partial charge in [-0.3, -0.25) is 9.59 Å². The predicted molar refractivity (Wildman–Crippen MR) is 143 cm³/mol. The van der Waals surface area contributed by atoms with Gasteiger partial charge >= 0.3 is 18.2 Å². The largest absolute Gasteiger partial charge is 0.480 e. The monoisotopic (exact) mass is 570 g/mol. The van der Waals surface area contributed by atoms with Gasteiger partial charge in [0.1, 0.15) is 25.7 Å². The molecule has 41 heavy (non-hydrogen) atoms. The molecule has 8 nitrogen and oxygen atoms in total. The Hall–Kier alpha value is -4.38. The molecule has 0 spiro atoms. The number of carbonyl (C=O) groups is 3. The first kappa shape index (κ1) is 29.6. The topological polar surface area (TPSA) is 105 Å². The standard InChI is InChI=1S/C30H29F3N2O6/c1-19(40-16-20-9-3-2-4-10-20)27(28(38)35(15-26(36)37)18-30(31,32)33)34-29(39)41-17-25-23-13-7-5-11-21(23)22-12-6-8-14-24(22)25/h2-14,19,25,27H,15-18H2,1H3,(H,34,39)(H,36,37)/t19-,27+/m0/s1. The normalized spacial score (nSPS) is 14.0. The fourth-order valence-corrected chi connectivity index (χ4v) is 4.83. The third-order valence-electron chi connectivity index (χ3n) is 6.72. The first-order valence-electron chi connectivity index (χ1n) is 12.9. The smallest absolute Gasteiger partial charge is 0.407 e.